The summed E-state index contributed by atoms with van der Waals surface area (Å²) in [6.07, 6.45) is 8.25. The van der Waals surface area contributed by atoms with Crippen LogP contribution in [0.1, 0.15) is 38.5 Å². The fourth-order valence-corrected chi connectivity index (χ4v) is 4.49. The molecule has 100 valence electrons. The summed E-state index contributed by atoms with van der Waals surface area (Å²) >= 11 is 12.5. The Morgan fingerprint density at radius 3 is 2.22 bits per heavy atom. The lowest BCUT2D eigenvalue weighted by Crippen LogP contribution is -2.25. The first kappa shape index (κ1) is 14.6. The van der Waals surface area contributed by atoms with E-state index in [0.717, 1.165) is 10.8 Å². The van der Waals surface area contributed by atoms with Crippen molar-refractivity contribution < 1.29 is 0 Å². The van der Waals surface area contributed by atoms with E-state index in [1.54, 1.807) is 0 Å². The summed E-state index contributed by atoms with van der Waals surface area (Å²) in [5, 5.41) is 0.817. The van der Waals surface area contributed by atoms with Gasteiger partial charge in [0.15, 0.2) is 0 Å². The standard InChI is InChI=1S/C15H21ClS2/c16-13-5-7-14(8-6-13)18-12-15(11-17)9-3-1-2-4-10-15/h5-8,17H,1-4,9-12H2. The fourth-order valence-electron chi connectivity index (χ4n) is 2.59. The summed E-state index contributed by atoms with van der Waals surface area (Å²) in [4.78, 5) is 1.32. The summed E-state index contributed by atoms with van der Waals surface area (Å²) in [5.41, 5.74) is 0.448. The molecule has 0 aliphatic heterocycles. The summed E-state index contributed by atoms with van der Waals surface area (Å²) < 4.78 is 0. The first-order chi connectivity index (χ1) is 8.74. The van der Waals surface area contributed by atoms with Crippen LogP contribution in [0.3, 0.4) is 0 Å². The van der Waals surface area contributed by atoms with Gasteiger partial charge < -0.3 is 0 Å². The van der Waals surface area contributed by atoms with Crippen molar-refractivity contribution in [2.24, 2.45) is 5.41 Å². The van der Waals surface area contributed by atoms with E-state index < -0.39 is 0 Å². The molecule has 18 heavy (non-hydrogen) atoms. The smallest absolute Gasteiger partial charge is 0.0406 e. The van der Waals surface area contributed by atoms with Crippen LogP contribution in [0.25, 0.3) is 0 Å². The Kier molecular flexibility index (Phi) is 5.78. The van der Waals surface area contributed by atoms with E-state index in [1.807, 2.05) is 23.9 Å². The molecule has 1 aromatic rings. The van der Waals surface area contributed by atoms with Crippen LogP contribution in [0.5, 0.6) is 0 Å². The van der Waals surface area contributed by atoms with Crippen LogP contribution < -0.4 is 0 Å². The first-order valence-corrected chi connectivity index (χ1v) is 8.73. The first-order valence-electron chi connectivity index (χ1n) is 6.73. The van der Waals surface area contributed by atoms with Crippen LogP contribution in [0.2, 0.25) is 5.02 Å². The van der Waals surface area contributed by atoms with Gasteiger partial charge in [-0.1, -0.05) is 37.3 Å². The number of hydrogen-bond donors (Lipinski definition) is 1. The molecule has 3 heteroatoms. The van der Waals surface area contributed by atoms with Crippen LogP contribution >= 0.6 is 36.0 Å². The summed E-state index contributed by atoms with van der Waals surface area (Å²) in [7, 11) is 0. The number of thioether (sulfide) groups is 1. The number of hydrogen-bond acceptors (Lipinski definition) is 2. The highest BCUT2D eigenvalue weighted by Gasteiger charge is 2.29. The molecule has 0 radical (unpaired) electrons. The fraction of sp³-hybridized carbons (Fsp3) is 0.600. The lowest BCUT2D eigenvalue weighted by atomic mass is 9.84. The van der Waals surface area contributed by atoms with Gasteiger partial charge in [-0.15, -0.1) is 11.8 Å². The monoisotopic (exact) mass is 300 g/mol. The SMILES string of the molecule is SCC1(CSc2ccc(Cl)cc2)CCCCCC1. The Labute approximate surface area is 125 Å². The van der Waals surface area contributed by atoms with E-state index in [-0.39, 0.29) is 0 Å². The molecule has 0 unspecified atom stereocenters. The van der Waals surface area contributed by atoms with Crippen LogP contribution in [-0.4, -0.2) is 11.5 Å². The predicted molar refractivity (Wildman–Crippen MR) is 86.2 cm³/mol. The van der Waals surface area contributed by atoms with Crippen molar-refractivity contribution in [1.29, 1.82) is 0 Å². The van der Waals surface area contributed by atoms with Crippen molar-refractivity contribution in [3.8, 4) is 0 Å². The van der Waals surface area contributed by atoms with Crippen molar-refractivity contribution >= 4 is 36.0 Å². The van der Waals surface area contributed by atoms with Gasteiger partial charge in [0, 0.05) is 15.7 Å². The molecule has 0 amide bonds. The quantitative estimate of drug-likeness (QED) is 0.422. The highest BCUT2D eigenvalue weighted by molar-refractivity contribution is 7.99. The molecular weight excluding hydrogens is 280 g/mol. The Morgan fingerprint density at radius 1 is 1.06 bits per heavy atom. The summed E-state index contributed by atoms with van der Waals surface area (Å²) in [5.74, 6) is 2.21. The molecule has 0 saturated heterocycles. The van der Waals surface area contributed by atoms with Crippen molar-refractivity contribution in [3.63, 3.8) is 0 Å². The second kappa shape index (κ2) is 7.12. The number of rotatable bonds is 4. The number of thiol groups is 1. The molecule has 1 aliphatic rings. The zero-order valence-electron chi connectivity index (χ0n) is 10.7. The van der Waals surface area contributed by atoms with Crippen LogP contribution in [0, 0.1) is 5.41 Å². The van der Waals surface area contributed by atoms with Gasteiger partial charge in [0.25, 0.3) is 0 Å². The van der Waals surface area contributed by atoms with Gasteiger partial charge in [-0.2, -0.15) is 12.6 Å². The van der Waals surface area contributed by atoms with Gasteiger partial charge in [0.2, 0.25) is 0 Å². The highest BCUT2D eigenvalue weighted by atomic mass is 35.5. The Hall–Kier alpha value is 0.210. The van der Waals surface area contributed by atoms with Gasteiger partial charge in [0.05, 0.1) is 0 Å². The number of halogens is 1. The van der Waals surface area contributed by atoms with Crippen LogP contribution in [0.4, 0.5) is 0 Å². The Bertz CT molecular complexity index is 353. The van der Waals surface area contributed by atoms with Crippen LogP contribution in [-0.2, 0) is 0 Å². The lowest BCUT2D eigenvalue weighted by Gasteiger charge is -2.30. The average Bonchev–Trinajstić information content (AvgIpc) is 2.64. The van der Waals surface area contributed by atoms with E-state index in [0.29, 0.717) is 5.41 Å². The largest absolute Gasteiger partial charge is 0.179 e. The third-order valence-corrected chi connectivity index (χ3v) is 6.14. The van der Waals surface area contributed by atoms with Gasteiger partial charge in [-0.3, -0.25) is 0 Å². The molecule has 0 aromatic heterocycles. The molecule has 0 N–H and O–H groups in total. The van der Waals surface area contributed by atoms with Crippen molar-refractivity contribution in [2.75, 3.05) is 11.5 Å². The average molecular weight is 301 g/mol. The molecule has 2 rings (SSSR count). The molecule has 1 fully saturated rings. The zero-order chi connectivity index (χ0) is 12.8. The highest BCUT2D eigenvalue weighted by Crippen LogP contribution is 2.40. The van der Waals surface area contributed by atoms with Gasteiger partial charge in [0.1, 0.15) is 0 Å². The second-order valence-corrected chi connectivity index (χ2v) is 7.12. The van der Waals surface area contributed by atoms with Gasteiger partial charge in [-0.05, 0) is 48.3 Å². The zero-order valence-corrected chi connectivity index (χ0v) is 13.2. The van der Waals surface area contributed by atoms with Crippen molar-refractivity contribution in [2.45, 2.75) is 43.4 Å². The lowest BCUT2D eigenvalue weighted by molar-refractivity contribution is 0.332. The third-order valence-electron chi connectivity index (χ3n) is 3.86. The normalized spacial score (nSPS) is 19.4. The van der Waals surface area contributed by atoms with E-state index >= 15 is 0 Å². The molecule has 0 atom stereocenters. The second-order valence-electron chi connectivity index (χ2n) is 5.31. The minimum absolute atomic E-state index is 0.448. The molecule has 1 aromatic carbocycles. The summed E-state index contributed by atoms with van der Waals surface area (Å²) in [6.45, 7) is 0. The third kappa shape index (κ3) is 4.11. The van der Waals surface area contributed by atoms with Crippen molar-refractivity contribution in [1.82, 2.24) is 0 Å². The maximum Gasteiger partial charge on any atom is 0.0406 e. The molecule has 0 bridgehead atoms. The Balaban J connectivity index is 1.95. The maximum absolute atomic E-state index is 5.92. The molecular formula is C15H21ClS2. The topological polar surface area (TPSA) is 0 Å². The minimum atomic E-state index is 0.448. The Morgan fingerprint density at radius 2 is 1.67 bits per heavy atom. The molecule has 1 aliphatic carbocycles. The van der Waals surface area contributed by atoms with Gasteiger partial charge in [-0.25, -0.2) is 0 Å². The molecule has 1 saturated carbocycles. The molecule has 0 spiro atoms. The summed E-state index contributed by atoms with van der Waals surface area (Å²) in [6, 6.07) is 8.19. The molecule has 0 nitrogen and oxygen atoms in total. The van der Waals surface area contributed by atoms with E-state index in [4.69, 9.17) is 11.6 Å². The van der Waals surface area contributed by atoms with Crippen molar-refractivity contribution in [3.05, 3.63) is 29.3 Å². The number of benzene rings is 1. The predicted octanol–water partition coefficient (Wildman–Crippen LogP) is 5.70. The van der Waals surface area contributed by atoms with E-state index in [2.05, 4.69) is 24.8 Å². The van der Waals surface area contributed by atoms with E-state index in [1.165, 1.54) is 49.2 Å². The van der Waals surface area contributed by atoms with Gasteiger partial charge >= 0.3 is 0 Å². The van der Waals surface area contributed by atoms with E-state index in [9.17, 15) is 0 Å². The minimum Gasteiger partial charge on any atom is -0.179 e. The van der Waals surface area contributed by atoms with Crippen LogP contribution in [0.15, 0.2) is 29.2 Å². The molecule has 0 heterocycles. The maximum atomic E-state index is 5.92.